The summed E-state index contributed by atoms with van der Waals surface area (Å²) in [5.74, 6) is -1.18. The largest absolute Gasteiger partial charge is 0.480 e. The fourth-order valence-electron chi connectivity index (χ4n) is 1.88. The maximum absolute atomic E-state index is 11.8. The van der Waals surface area contributed by atoms with Gasteiger partial charge >= 0.3 is 5.97 Å². The number of carboxylic acid groups (broad SMARTS) is 1. The van der Waals surface area contributed by atoms with Gasteiger partial charge < -0.3 is 5.11 Å². The van der Waals surface area contributed by atoms with Crippen molar-refractivity contribution in [2.75, 3.05) is 10.6 Å². The Morgan fingerprint density at radius 3 is 2.00 bits per heavy atom. The van der Waals surface area contributed by atoms with Gasteiger partial charge in [0.2, 0.25) is 10.0 Å². The van der Waals surface area contributed by atoms with Gasteiger partial charge in [0.25, 0.3) is 0 Å². The fraction of sp³-hybridized carbons (Fsp3) is 0.417. The van der Waals surface area contributed by atoms with Crippen LogP contribution in [0.1, 0.15) is 18.1 Å². The smallest absolute Gasteiger partial charge is 0.327 e. The Bertz CT molecular complexity index is 545. The minimum Gasteiger partial charge on any atom is -0.480 e. The van der Waals surface area contributed by atoms with Crippen molar-refractivity contribution in [2.45, 2.75) is 26.8 Å². The number of benzene rings is 1. The first-order chi connectivity index (χ1) is 8.12. The SMILES string of the molecule is Cc1cc(C)cc(N([C@@H](C)C(=O)O)S(C)(=O)=O)c1. The molecule has 18 heavy (non-hydrogen) atoms. The van der Waals surface area contributed by atoms with Crippen molar-refractivity contribution < 1.29 is 18.3 Å². The van der Waals surface area contributed by atoms with Gasteiger partial charge in [-0.25, -0.2) is 13.2 Å². The van der Waals surface area contributed by atoms with Crippen LogP contribution in [0.2, 0.25) is 0 Å². The lowest BCUT2D eigenvalue weighted by molar-refractivity contribution is -0.137. The minimum absolute atomic E-state index is 0.380. The Labute approximate surface area is 107 Å². The Morgan fingerprint density at radius 1 is 1.22 bits per heavy atom. The molecule has 0 aliphatic heterocycles. The lowest BCUT2D eigenvalue weighted by Crippen LogP contribution is -2.42. The van der Waals surface area contributed by atoms with Crippen molar-refractivity contribution in [3.8, 4) is 0 Å². The zero-order chi connectivity index (χ0) is 14.1. The first kappa shape index (κ1) is 14.5. The zero-order valence-corrected chi connectivity index (χ0v) is 11.7. The number of anilines is 1. The van der Waals surface area contributed by atoms with Gasteiger partial charge in [-0.05, 0) is 44.0 Å². The van der Waals surface area contributed by atoms with E-state index in [1.54, 1.807) is 12.1 Å². The van der Waals surface area contributed by atoms with Gasteiger partial charge in [-0.1, -0.05) is 6.07 Å². The maximum Gasteiger partial charge on any atom is 0.327 e. The number of hydrogen-bond donors (Lipinski definition) is 1. The monoisotopic (exact) mass is 271 g/mol. The molecular formula is C12H17NO4S. The van der Waals surface area contributed by atoms with Crippen LogP contribution in [0, 0.1) is 13.8 Å². The van der Waals surface area contributed by atoms with E-state index >= 15 is 0 Å². The second-order valence-electron chi connectivity index (χ2n) is 4.42. The van der Waals surface area contributed by atoms with Crippen LogP contribution in [-0.2, 0) is 14.8 Å². The van der Waals surface area contributed by atoms with Crippen LogP contribution in [0.5, 0.6) is 0 Å². The molecule has 0 unspecified atom stereocenters. The number of aryl methyl sites for hydroxylation is 2. The molecule has 0 saturated heterocycles. The van der Waals surface area contributed by atoms with E-state index in [-0.39, 0.29) is 0 Å². The molecule has 1 aromatic rings. The predicted molar refractivity (Wildman–Crippen MR) is 70.3 cm³/mol. The van der Waals surface area contributed by atoms with Gasteiger partial charge in [0, 0.05) is 0 Å². The summed E-state index contributed by atoms with van der Waals surface area (Å²) < 4.78 is 24.5. The number of carboxylic acids is 1. The summed E-state index contributed by atoms with van der Waals surface area (Å²) in [5, 5.41) is 9.01. The second kappa shape index (κ2) is 4.97. The number of hydrogen-bond acceptors (Lipinski definition) is 3. The van der Waals surface area contributed by atoms with E-state index in [4.69, 9.17) is 5.11 Å². The van der Waals surface area contributed by atoms with Gasteiger partial charge in [-0.15, -0.1) is 0 Å². The highest BCUT2D eigenvalue weighted by molar-refractivity contribution is 7.92. The van der Waals surface area contributed by atoms with Crippen LogP contribution >= 0.6 is 0 Å². The Hall–Kier alpha value is -1.56. The van der Waals surface area contributed by atoms with Crippen molar-refractivity contribution in [1.82, 2.24) is 0 Å². The number of sulfonamides is 1. The first-order valence-electron chi connectivity index (χ1n) is 5.43. The van der Waals surface area contributed by atoms with E-state index in [1.165, 1.54) is 6.92 Å². The summed E-state index contributed by atoms with van der Waals surface area (Å²) in [7, 11) is -3.64. The molecule has 0 aliphatic carbocycles. The summed E-state index contributed by atoms with van der Waals surface area (Å²) in [6.07, 6.45) is 1.00. The van der Waals surface area contributed by atoms with Crippen molar-refractivity contribution in [3.05, 3.63) is 29.3 Å². The summed E-state index contributed by atoms with van der Waals surface area (Å²) in [4.78, 5) is 11.0. The summed E-state index contributed by atoms with van der Waals surface area (Å²) in [6, 6.07) is 4.08. The molecule has 100 valence electrons. The van der Waals surface area contributed by atoms with E-state index in [0.29, 0.717) is 5.69 Å². The topological polar surface area (TPSA) is 74.7 Å². The van der Waals surface area contributed by atoms with Crippen LogP contribution in [0.4, 0.5) is 5.69 Å². The number of nitrogens with zero attached hydrogens (tertiary/aromatic N) is 1. The molecule has 0 fully saturated rings. The molecule has 0 spiro atoms. The predicted octanol–water partition coefficient (Wildman–Crippen LogP) is 1.54. The first-order valence-corrected chi connectivity index (χ1v) is 7.28. The van der Waals surface area contributed by atoms with Gasteiger partial charge in [-0.3, -0.25) is 4.31 Å². The Morgan fingerprint density at radius 2 is 1.67 bits per heavy atom. The van der Waals surface area contributed by atoms with Crippen LogP contribution in [0.3, 0.4) is 0 Å². The minimum atomic E-state index is -3.64. The molecule has 0 heterocycles. The quantitative estimate of drug-likeness (QED) is 0.901. The fourth-order valence-corrected chi connectivity index (χ4v) is 3.03. The van der Waals surface area contributed by atoms with Crippen LogP contribution in [0.15, 0.2) is 18.2 Å². The molecule has 1 rings (SSSR count). The average molecular weight is 271 g/mol. The number of rotatable bonds is 4. The van der Waals surface area contributed by atoms with Gasteiger partial charge in [0.1, 0.15) is 6.04 Å². The molecule has 1 atom stereocenters. The van der Waals surface area contributed by atoms with E-state index in [0.717, 1.165) is 21.7 Å². The third-order valence-corrected chi connectivity index (χ3v) is 3.77. The van der Waals surface area contributed by atoms with Gasteiger partial charge in [0.15, 0.2) is 0 Å². The molecule has 0 amide bonds. The zero-order valence-electron chi connectivity index (χ0n) is 10.8. The second-order valence-corrected chi connectivity index (χ2v) is 6.28. The molecule has 5 nitrogen and oxygen atoms in total. The molecule has 0 radical (unpaired) electrons. The van der Waals surface area contributed by atoms with Gasteiger partial charge in [-0.2, -0.15) is 0 Å². The molecule has 1 N–H and O–H groups in total. The molecule has 6 heteroatoms. The summed E-state index contributed by atoms with van der Waals surface area (Å²) >= 11 is 0. The van der Waals surface area contributed by atoms with Crippen molar-refractivity contribution in [1.29, 1.82) is 0 Å². The van der Waals surface area contributed by atoms with E-state index in [2.05, 4.69) is 0 Å². The third kappa shape index (κ3) is 3.22. The normalized spacial score (nSPS) is 13.1. The highest BCUT2D eigenvalue weighted by Gasteiger charge is 2.28. The maximum atomic E-state index is 11.8. The standard InChI is InChI=1S/C12H17NO4S/c1-8-5-9(2)7-11(6-8)13(18(4,16)17)10(3)12(14)15/h5-7,10H,1-4H3,(H,14,15)/t10-/m0/s1. The lowest BCUT2D eigenvalue weighted by Gasteiger charge is -2.26. The van der Waals surface area contributed by atoms with Crippen LogP contribution in [-0.4, -0.2) is 31.8 Å². The highest BCUT2D eigenvalue weighted by Crippen LogP contribution is 2.23. The Kier molecular flexibility index (Phi) is 4.01. The number of aliphatic carboxylic acids is 1. The van der Waals surface area contributed by atoms with Crippen LogP contribution in [0.25, 0.3) is 0 Å². The summed E-state index contributed by atoms with van der Waals surface area (Å²) in [5.41, 5.74) is 2.15. The van der Waals surface area contributed by atoms with E-state index in [1.807, 2.05) is 19.9 Å². The van der Waals surface area contributed by atoms with Gasteiger partial charge in [0.05, 0.1) is 11.9 Å². The average Bonchev–Trinajstić information content (AvgIpc) is 2.13. The molecule has 0 bridgehead atoms. The van der Waals surface area contributed by atoms with Crippen molar-refractivity contribution in [3.63, 3.8) is 0 Å². The van der Waals surface area contributed by atoms with E-state index < -0.39 is 22.0 Å². The molecule has 0 aromatic heterocycles. The van der Waals surface area contributed by atoms with E-state index in [9.17, 15) is 13.2 Å². The molecule has 0 saturated carbocycles. The summed E-state index contributed by atoms with van der Waals surface area (Å²) in [6.45, 7) is 5.02. The highest BCUT2D eigenvalue weighted by atomic mass is 32.2. The molecular weight excluding hydrogens is 254 g/mol. The van der Waals surface area contributed by atoms with Crippen molar-refractivity contribution >= 4 is 21.7 Å². The molecule has 0 aliphatic rings. The number of carbonyl (C=O) groups is 1. The lowest BCUT2D eigenvalue weighted by atomic mass is 10.1. The van der Waals surface area contributed by atoms with Crippen molar-refractivity contribution in [2.24, 2.45) is 0 Å². The molecule has 1 aromatic carbocycles. The Balaban J connectivity index is 3.40. The third-order valence-electron chi connectivity index (χ3n) is 2.53. The van der Waals surface area contributed by atoms with Crippen LogP contribution < -0.4 is 4.31 Å².